The van der Waals surface area contributed by atoms with Crippen molar-refractivity contribution in [2.45, 2.75) is 6.42 Å². The average molecular weight is 296 g/mol. The Hall–Kier alpha value is -1.43. The third-order valence-corrected chi connectivity index (χ3v) is 3.89. The standard InChI is InChI=1S/C11H10BrN3O2/c12-5-7-4-10(16)15(6-7)9-3-1-2-8-11(9)14-17-13-8/h1-3,7H,4-6H2. The minimum absolute atomic E-state index is 0.130. The van der Waals surface area contributed by atoms with Gasteiger partial charge in [0.1, 0.15) is 5.52 Å². The maximum absolute atomic E-state index is 11.9. The molecule has 0 saturated carbocycles. The summed E-state index contributed by atoms with van der Waals surface area (Å²) in [4.78, 5) is 13.7. The summed E-state index contributed by atoms with van der Waals surface area (Å²) >= 11 is 3.42. The van der Waals surface area contributed by atoms with Crippen LogP contribution in [-0.2, 0) is 4.79 Å². The molecule has 1 aromatic carbocycles. The quantitative estimate of drug-likeness (QED) is 0.795. The molecule has 1 amide bonds. The fraction of sp³-hybridized carbons (Fsp3) is 0.364. The van der Waals surface area contributed by atoms with Crippen LogP contribution in [0.3, 0.4) is 0 Å². The zero-order valence-corrected chi connectivity index (χ0v) is 10.6. The molecule has 0 N–H and O–H groups in total. The molecule has 0 spiro atoms. The third kappa shape index (κ3) is 1.72. The largest absolute Gasteiger partial charge is 0.310 e. The summed E-state index contributed by atoms with van der Waals surface area (Å²) in [6.07, 6.45) is 0.576. The van der Waals surface area contributed by atoms with Gasteiger partial charge in [-0.2, -0.15) is 0 Å². The molecular formula is C11H10BrN3O2. The fourth-order valence-corrected chi connectivity index (χ4v) is 2.56. The van der Waals surface area contributed by atoms with E-state index in [1.54, 1.807) is 4.90 Å². The fourth-order valence-electron chi connectivity index (χ4n) is 2.13. The van der Waals surface area contributed by atoms with E-state index in [1.807, 2.05) is 18.2 Å². The lowest BCUT2D eigenvalue weighted by atomic mass is 10.2. The highest BCUT2D eigenvalue weighted by molar-refractivity contribution is 9.09. The van der Waals surface area contributed by atoms with Crippen LogP contribution in [-0.4, -0.2) is 28.1 Å². The van der Waals surface area contributed by atoms with Crippen molar-refractivity contribution in [3.05, 3.63) is 18.2 Å². The van der Waals surface area contributed by atoms with Crippen molar-refractivity contribution < 1.29 is 9.42 Å². The molecule has 1 atom stereocenters. The van der Waals surface area contributed by atoms with Gasteiger partial charge in [0, 0.05) is 18.3 Å². The van der Waals surface area contributed by atoms with Crippen molar-refractivity contribution in [2.24, 2.45) is 5.92 Å². The van der Waals surface area contributed by atoms with Crippen molar-refractivity contribution in [1.82, 2.24) is 10.3 Å². The van der Waals surface area contributed by atoms with E-state index >= 15 is 0 Å². The Kier molecular flexibility index (Phi) is 2.58. The van der Waals surface area contributed by atoms with E-state index in [0.29, 0.717) is 23.4 Å². The number of hydrogen-bond acceptors (Lipinski definition) is 4. The number of hydrogen-bond donors (Lipinski definition) is 0. The van der Waals surface area contributed by atoms with Crippen molar-refractivity contribution in [3.63, 3.8) is 0 Å². The van der Waals surface area contributed by atoms with Crippen molar-refractivity contribution >= 4 is 38.6 Å². The monoisotopic (exact) mass is 295 g/mol. The number of alkyl halides is 1. The van der Waals surface area contributed by atoms with Gasteiger partial charge in [-0.25, -0.2) is 4.63 Å². The highest BCUT2D eigenvalue weighted by Crippen LogP contribution is 2.30. The van der Waals surface area contributed by atoms with Crippen LogP contribution in [0.4, 0.5) is 5.69 Å². The minimum atomic E-state index is 0.130. The Balaban J connectivity index is 2.04. The van der Waals surface area contributed by atoms with Crippen LogP contribution in [0.25, 0.3) is 11.0 Å². The van der Waals surface area contributed by atoms with Gasteiger partial charge in [-0.3, -0.25) is 4.79 Å². The maximum Gasteiger partial charge on any atom is 0.227 e. The van der Waals surface area contributed by atoms with Crippen LogP contribution in [0.15, 0.2) is 22.8 Å². The molecule has 0 radical (unpaired) electrons. The summed E-state index contributed by atoms with van der Waals surface area (Å²) in [5, 5.41) is 8.47. The van der Waals surface area contributed by atoms with Crippen LogP contribution >= 0.6 is 15.9 Å². The number of nitrogens with zero attached hydrogens (tertiary/aromatic N) is 3. The second-order valence-electron chi connectivity index (χ2n) is 4.14. The summed E-state index contributed by atoms with van der Waals surface area (Å²) < 4.78 is 4.71. The number of carbonyl (C=O) groups excluding carboxylic acids is 1. The molecule has 1 unspecified atom stereocenters. The number of halogens is 1. The molecule has 2 heterocycles. The van der Waals surface area contributed by atoms with E-state index in [-0.39, 0.29) is 5.91 Å². The molecule has 3 rings (SSSR count). The number of aromatic nitrogens is 2. The first-order chi connectivity index (χ1) is 8.29. The van der Waals surface area contributed by atoms with Crippen LogP contribution in [0, 0.1) is 5.92 Å². The number of rotatable bonds is 2. The molecule has 6 heteroatoms. The van der Waals surface area contributed by atoms with Gasteiger partial charge in [0.25, 0.3) is 0 Å². The summed E-state index contributed by atoms with van der Waals surface area (Å²) in [6, 6.07) is 5.55. The Morgan fingerprint density at radius 3 is 3.12 bits per heavy atom. The van der Waals surface area contributed by atoms with Gasteiger partial charge >= 0.3 is 0 Å². The molecular weight excluding hydrogens is 286 g/mol. The Morgan fingerprint density at radius 2 is 2.35 bits per heavy atom. The number of fused-ring (bicyclic) bond motifs is 1. The molecule has 1 saturated heterocycles. The van der Waals surface area contributed by atoms with Crippen molar-refractivity contribution in [2.75, 3.05) is 16.8 Å². The van der Waals surface area contributed by atoms with Gasteiger partial charge in [0.15, 0.2) is 5.52 Å². The zero-order valence-electron chi connectivity index (χ0n) is 8.97. The molecule has 0 aliphatic carbocycles. The predicted molar refractivity (Wildman–Crippen MR) is 66.1 cm³/mol. The van der Waals surface area contributed by atoms with Crippen molar-refractivity contribution in [3.8, 4) is 0 Å². The number of amides is 1. The molecule has 1 fully saturated rings. The van der Waals surface area contributed by atoms with E-state index in [9.17, 15) is 4.79 Å². The Morgan fingerprint density at radius 1 is 1.47 bits per heavy atom. The van der Waals surface area contributed by atoms with E-state index < -0.39 is 0 Å². The number of benzene rings is 1. The third-order valence-electron chi connectivity index (χ3n) is 2.98. The molecule has 17 heavy (non-hydrogen) atoms. The molecule has 0 bridgehead atoms. The predicted octanol–water partition coefficient (Wildman–Crippen LogP) is 1.97. The lowest BCUT2D eigenvalue weighted by Gasteiger charge is -2.15. The molecule has 2 aromatic rings. The summed E-state index contributed by atoms with van der Waals surface area (Å²) in [6.45, 7) is 0.718. The van der Waals surface area contributed by atoms with Gasteiger partial charge in [-0.1, -0.05) is 22.0 Å². The average Bonchev–Trinajstić information content (AvgIpc) is 2.94. The number of anilines is 1. The van der Waals surface area contributed by atoms with Crippen LogP contribution in [0.2, 0.25) is 0 Å². The summed E-state index contributed by atoms with van der Waals surface area (Å²) in [7, 11) is 0. The summed E-state index contributed by atoms with van der Waals surface area (Å²) in [5.74, 6) is 0.488. The van der Waals surface area contributed by atoms with Gasteiger partial charge in [-0.15, -0.1) is 0 Å². The first-order valence-electron chi connectivity index (χ1n) is 5.37. The van der Waals surface area contributed by atoms with Gasteiger partial charge < -0.3 is 4.90 Å². The maximum atomic E-state index is 11.9. The Bertz CT molecular complexity index is 569. The summed E-state index contributed by atoms with van der Waals surface area (Å²) in [5.41, 5.74) is 2.12. The highest BCUT2D eigenvalue weighted by Gasteiger charge is 2.31. The number of carbonyl (C=O) groups is 1. The van der Waals surface area contributed by atoms with Crippen LogP contribution < -0.4 is 4.90 Å². The Labute approximate surface area is 106 Å². The first-order valence-corrected chi connectivity index (χ1v) is 6.49. The topological polar surface area (TPSA) is 59.2 Å². The molecule has 1 aliphatic heterocycles. The normalized spacial score (nSPS) is 20.4. The molecule has 1 aliphatic rings. The SMILES string of the molecule is O=C1CC(CBr)CN1c1cccc2nonc12. The van der Waals surface area contributed by atoms with E-state index in [0.717, 1.165) is 17.6 Å². The van der Waals surface area contributed by atoms with E-state index in [1.165, 1.54) is 0 Å². The zero-order chi connectivity index (χ0) is 11.8. The second kappa shape index (κ2) is 4.10. The first kappa shape index (κ1) is 10.7. The molecule has 1 aromatic heterocycles. The lowest BCUT2D eigenvalue weighted by molar-refractivity contribution is -0.117. The smallest absolute Gasteiger partial charge is 0.227 e. The van der Waals surface area contributed by atoms with Crippen LogP contribution in [0.1, 0.15) is 6.42 Å². The minimum Gasteiger partial charge on any atom is -0.310 e. The van der Waals surface area contributed by atoms with E-state index in [4.69, 9.17) is 4.63 Å². The molecule has 5 nitrogen and oxygen atoms in total. The van der Waals surface area contributed by atoms with Gasteiger partial charge in [0.2, 0.25) is 5.91 Å². The van der Waals surface area contributed by atoms with Crippen molar-refractivity contribution in [1.29, 1.82) is 0 Å². The van der Waals surface area contributed by atoms with Gasteiger partial charge in [0.05, 0.1) is 5.69 Å². The van der Waals surface area contributed by atoms with E-state index in [2.05, 4.69) is 26.2 Å². The van der Waals surface area contributed by atoms with Crippen LogP contribution in [0.5, 0.6) is 0 Å². The highest BCUT2D eigenvalue weighted by atomic mass is 79.9. The lowest BCUT2D eigenvalue weighted by Crippen LogP contribution is -2.24. The molecule has 88 valence electrons. The second-order valence-corrected chi connectivity index (χ2v) is 4.79. The van der Waals surface area contributed by atoms with Gasteiger partial charge in [-0.05, 0) is 28.4 Å².